The smallest absolute Gasteiger partial charge is 0.122 e. The number of ether oxygens (including phenoxy) is 1. The lowest BCUT2D eigenvalue weighted by atomic mass is 9.80. The highest BCUT2D eigenvalue weighted by Gasteiger charge is 2.26. The number of hydrogen-bond acceptors (Lipinski definition) is 2. The van der Waals surface area contributed by atoms with Gasteiger partial charge in [-0.25, -0.2) is 0 Å². The van der Waals surface area contributed by atoms with Crippen LogP contribution in [-0.4, -0.2) is 20.7 Å². The summed E-state index contributed by atoms with van der Waals surface area (Å²) in [7, 11) is 3.85. The van der Waals surface area contributed by atoms with Crippen molar-refractivity contribution < 1.29 is 4.74 Å². The molecule has 20 heavy (non-hydrogen) atoms. The van der Waals surface area contributed by atoms with Crippen LogP contribution in [0.25, 0.3) is 0 Å². The number of rotatable bonds is 5. The summed E-state index contributed by atoms with van der Waals surface area (Å²) in [5, 5.41) is 3.40. The number of nitrogens with one attached hydrogen (secondary N) is 1. The van der Waals surface area contributed by atoms with Crippen molar-refractivity contribution in [3.63, 3.8) is 0 Å². The van der Waals surface area contributed by atoms with E-state index in [-0.39, 0.29) is 0 Å². The number of likely N-dealkylation sites (N-methyl/N-ethyl adjacent to an activating group) is 1. The maximum absolute atomic E-state index is 5.62. The summed E-state index contributed by atoms with van der Waals surface area (Å²) >= 11 is 0. The van der Waals surface area contributed by atoms with Crippen molar-refractivity contribution in [1.82, 2.24) is 5.32 Å². The largest absolute Gasteiger partial charge is 0.496 e. The van der Waals surface area contributed by atoms with E-state index in [1.807, 2.05) is 0 Å². The molecule has 1 atom stereocenters. The molecule has 1 aliphatic carbocycles. The Bertz CT molecular complexity index is 408. The molecule has 0 heterocycles. The van der Waals surface area contributed by atoms with Gasteiger partial charge in [-0.3, -0.25) is 0 Å². The fraction of sp³-hybridized carbons (Fsp3) is 0.667. The number of hydrogen-bond donors (Lipinski definition) is 1. The van der Waals surface area contributed by atoms with Gasteiger partial charge in [0.2, 0.25) is 0 Å². The van der Waals surface area contributed by atoms with Crippen LogP contribution in [0, 0.1) is 12.8 Å². The van der Waals surface area contributed by atoms with Gasteiger partial charge in [0.15, 0.2) is 0 Å². The van der Waals surface area contributed by atoms with Crippen LogP contribution in [0.2, 0.25) is 0 Å². The Balaban J connectivity index is 2.28. The van der Waals surface area contributed by atoms with Crippen molar-refractivity contribution >= 4 is 0 Å². The zero-order chi connectivity index (χ0) is 14.4. The predicted octanol–water partition coefficient (Wildman–Crippen LogP) is 4.28. The highest BCUT2D eigenvalue weighted by Crippen LogP contribution is 2.38. The number of aryl methyl sites for hydroxylation is 1. The maximum atomic E-state index is 5.62. The van der Waals surface area contributed by atoms with E-state index in [4.69, 9.17) is 4.74 Å². The topological polar surface area (TPSA) is 21.3 Å². The summed E-state index contributed by atoms with van der Waals surface area (Å²) in [6, 6.07) is 6.60. The lowest BCUT2D eigenvalue weighted by Gasteiger charge is -2.28. The Hall–Kier alpha value is -1.02. The Morgan fingerprint density at radius 1 is 1.20 bits per heavy atom. The molecule has 1 unspecified atom stereocenters. The van der Waals surface area contributed by atoms with Crippen molar-refractivity contribution in [3.05, 3.63) is 29.3 Å². The molecule has 1 saturated carbocycles. The molecule has 0 radical (unpaired) electrons. The van der Waals surface area contributed by atoms with Crippen LogP contribution >= 0.6 is 0 Å². The molecule has 0 bridgehead atoms. The van der Waals surface area contributed by atoms with Crippen LogP contribution in [-0.2, 0) is 0 Å². The fourth-order valence-corrected chi connectivity index (χ4v) is 3.61. The van der Waals surface area contributed by atoms with Gasteiger partial charge in [-0.15, -0.1) is 0 Å². The fourth-order valence-electron chi connectivity index (χ4n) is 3.61. The highest BCUT2D eigenvalue weighted by atomic mass is 16.5. The summed E-state index contributed by atoms with van der Waals surface area (Å²) in [5.41, 5.74) is 2.73. The van der Waals surface area contributed by atoms with Crippen LogP contribution in [0.1, 0.15) is 55.6 Å². The molecule has 0 aliphatic heterocycles. The van der Waals surface area contributed by atoms with Crippen LogP contribution in [0.4, 0.5) is 0 Å². The van der Waals surface area contributed by atoms with E-state index in [0.717, 1.165) is 18.2 Å². The summed E-state index contributed by atoms with van der Waals surface area (Å²) in [5.74, 6) is 2.42. The third kappa shape index (κ3) is 3.76. The highest BCUT2D eigenvalue weighted by molar-refractivity contribution is 5.40. The van der Waals surface area contributed by atoms with Gasteiger partial charge in [-0.05, 0) is 44.4 Å². The molecule has 1 aromatic rings. The summed E-state index contributed by atoms with van der Waals surface area (Å²) in [6.07, 6.45) is 8.33. The van der Waals surface area contributed by atoms with E-state index in [0.29, 0.717) is 5.92 Å². The number of benzene rings is 1. The molecule has 0 spiro atoms. The second kappa shape index (κ2) is 7.68. The summed E-state index contributed by atoms with van der Waals surface area (Å²) < 4.78 is 5.62. The SMILES string of the molecule is CNCC(c1cc(C)ccc1OC)C1CCCCCC1. The Morgan fingerprint density at radius 2 is 1.90 bits per heavy atom. The standard InChI is InChI=1S/C18H29NO/c1-14-10-11-18(20-3)16(12-14)17(13-19-2)15-8-6-4-5-7-9-15/h10-12,15,17,19H,4-9,13H2,1-3H3. The molecule has 2 rings (SSSR count). The zero-order valence-electron chi connectivity index (χ0n) is 13.2. The second-order valence-electron chi connectivity index (χ2n) is 6.16. The first-order valence-corrected chi connectivity index (χ1v) is 8.05. The van der Waals surface area contributed by atoms with Crippen molar-refractivity contribution in [2.24, 2.45) is 5.92 Å². The van der Waals surface area contributed by atoms with Crippen LogP contribution in [0.3, 0.4) is 0 Å². The van der Waals surface area contributed by atoms with Crippen LogP contribution in [0.15, 0.2) is 18.2 Å². The first kappa shape index (κ1) is 15.4. The van der Waals surface area contributed by atoms with Gasteiger partial charge in [-0.1, -0.05) is 43.4 Å². The Labute approximate surface area is 123 Å². The molecule has 1 fully saturated rings. The molecule has 0 amide bonds. The first-order valence-electron chi connectivity index (χ1n) is 8.05. The molecule has 0 aromatic heterocycles. The average molecular weight is 275 g/mol. The van der Waals surface area contributed by atoms with Crippen molar-refractivity contribution in [1.29, 1.82) is 0 Å². The van der Waals surface area contributed by atoms with Crippen LogP contribution in [0.5, 0.6) is 5.75 Å². The lowest BCUT2D eigenvalue weighted by molar-refractivity contribution is 0.348. The third-order valence-electron chi connectivity index (χ3n) is 4.68. The molecule has 1 N–H and O–H groups in total. The maximum Gasteiger partial charge on any atom is 0.122 e. The molecule has 1 aliphatic rings. The zero-order valence-corrected chi connectivity index (χ0v) is 13.2. The minimum atomic E-state index is 0.577. The first-order chi connectivity index (χ1) is 9.76. The predicted molar refractivity (Wildman–Crippen MR) is 85.6 cm³/mol. The Kier molecular flexibility index (Phi) is 5.90. The minimum Gasteiger partial charge on any atom is -0.496 e. The normalized spacial score (nSPS) is 18.6. The van der Waals surface area contributed by atoms with E-state index in [9.17, 15) is 0 Å². The monoisotopic (exact) mass is 275 g/mol. The Morgan fingerprint density at radius 3 is 2.50 bits per heavy atom. The van der Waals surface area contributed by atoms with Gasteiger partial charge in [0.05, 0.1) is 7.11 Å². The summed E-state index contributed by atoms with van der Waals surface area (Å²) in [6.45, 7) is 3.22. The molecule has 112 valence electrons. The minimum absolute atomic E-state index is 0.577. The lowest BCUT2D eigenvalue weighted by Crippen LogP contribution is -2.24. The van der Waals surface area contributed by atoms with Gasteiger partial charge in [0, 0.05) is 12.5 Å². The van der Waals surface area contributed by atoms with E-state index in [1.165, 1.54) is 49.7 Å². The number of methoxy groups -OCH3 is 1. The van der Waals surface area contributed by atoms with Gasteiger partial charge in [0.1, 0.15) is 5.75 Å². The van der Waals surface area contributed by atoms with Gasteiger partial charge < -0.3 is 10.1 Å². The second-order valence-corrected chi connectivity index (χ2v) is 6.16. The van der Waals surface area contributed by atoms with Crippen molar-refractivity contribution in [2.45, 2.75) is 51.4 Å². The summed E-state index contributed by atoms with van der Waals surface area (Å²) in [4.78, 5) is 0. The quantitative estimate of drug-likeness (QED) is 0.810. The van der Waals surface area contributed by atoms with Gasteiger partial charge in [0.25, 0.3) is 0 Å². The molecule has 1 aromatic carbocycles. The third-order valence-corrected chi connectivity index (χ3v) is 4.68. The van der Waals surface area contributed by atoms with E-state index < -0.39 is 0 Å². The molecule has 2 heteroatoms. The average Bonchev–Trinajstić information content (AvgIpc) is 2.73. The van der Waals surface area contributed by atoms with Gasteiger partial charge >= 0.3 is 0 Å². The molecular formula is C18H29NO. The molecule has 2 nitrogen and oxygen atoms in total. The van der Waals surface area contributed by atoms with E-state index in [2.05, 4.69) is 37.5 Å². The van der Waals surface area contributed by atoms with Crippen LogP contribution < -0.4 is 10.1 Å². The molecule has 0 saturated heterocycles. The van der Waals surface area contributed by atoms with Crippen molar-refractivity contribution in [3.8, 4) is 5.75 Å². The van der Waals surface area contributed by atoms with Crippen molar-refractivity contribution in [2.75, 3.05) is 20.7 Å². The van der Waals surface area contributed by atoms with E-state index in [1.54, 1.807) is 7.11 Å². The molecular weight excluding hydrogens is 246 g/mol. The van der Waals surface area contributed by atoms with Gasteiger partial charge in [-0.2, -0.15) is 0 Å². The van der Waals surface area contributed by atoms with E-state index >= 15 is 0 Å².